The summed E-state index contributed by atoms with van der Waals surface area (Å²) in [7, 11) is 3.92. The molecule has 3 aromatic rings. The molecule has 3 aromatic carbocycles. The molecule has 0 aliphatic carbocycles. The number of hydrogen-bond donors (Lipinski definition) is 2. The Morgan fingerprint density at radius 1 is 0.903 bits per heavy atom. The van der Waals surface area contributed by atoms with Crippen LogP contribution in [-0.2, 0) is 4.79 Å². The Kier molecular flexibility index (Phi) is 7.79. The third kappa shape index (κ3) is 6.15. The molecule has 2 N–H and O–H groups in total. The van der Waals surface area contributed by atoms with Crippen molar-refractivity contribution in [1.82, 2.24) is 15.5 Å². The van der Waals surface area contributed by atoms with Gasteiger partial charge in [-0.15, -0.1) is 0 Å². The summed E-state index contributed by atoms with van der Waals surface area (Å²) in [5.41, 5.74) is 2.86. The van der Waals surface area contributed by atoms with Gasteiger partial charge in [-0.2, -0.15) is 0 Å². The number of nitrogens with zero attached hydrogens (tertiary/aromatic N) is 1. The minimum absolute atomic E-state index is 0.134. The van der Waals surface area contributed by atoms with Crippen molar-refractivity contribution < 1.29 is 9.59 Å². The molecule has 0 aromatic heterocycles. The number of rotatable bonds is 9. The van der Waals surface area contributed by atoms with Gasteiger partial charge in [-0.3, -0.25) is 9.59 Å². The second-order valence-corrected chi connectivity index (χ2v) is 8.05. The van der Waals surface area contributed by atoms with E-state index in [0.29, 0.717) is 18.5 Å². The molecule has 0 saturated heterocycles. The fourth-order valence-electron chi connectivity index (χ4n) is 3.52. The molecule has 0 radical (unpaired) electrons. The molecule has 0 saturated carbocycles. The van der Waals surface area contributed by atoms with Crippen LogP contribution in [0, 0.1) is 0 Å². The van der Waals surface area contributed by atoms with Crippen molar-refractivity contribution in [3.8, 4) is 11.1 Å². The van der Waals surface area contributed by atoms with Gasteiger partial charge in [0.15, 0.2) is 0 Å². The van der Waals surface area contributed by atoms with Gasteiger partial charge >= 0.3 is 0 Å². The van der Waals surface area contributed by atoms with E-state index in [0.717, 1.165) is 34.9 Å². The second-order valence-electron chi connectivity index (χ2n) is 8.05. The Labute approximate surface area is 184 Å². The third-order valence-corrected chi connectivity index (χ3v) is 5.27. The van der Waals surface area contributed by atoms with E-state index in [2.05, 4.69) is 34.9 Å². The van der Waals surface area contributed by atoms with E-state index in [1.54, 1.807) is 0 Å². The van der Waals surface area contributed by atoms with E-state index >= 15 is 0 Å². The van der Waals surface area contributed by atoms with Crippen LogP contribution in [0.1, 0.15) is 30.1 Å². The number of likely N-dealkylation sites (N-methyl/N-ethyl adjacent to an activating group) is 1. The van der Waals surface area contributed by atoms with Gasteiger partial charge < -0.3 is 15.5 Å². The molecule has 162 valence electrons. The average molecular weight is 418 g/mol. The summed E-state index contributed by atoms with van der Waals surface area (Å²) >= 11 is 0. The fraction of sp³-hybridized carbons (Fsp3) is 0.308. The van der Waals surface area contributed by atoms with Crippen LogP contribution in [0.15, 0.2) is 66.7 Å². The first-order chi connectivity index (χ1) is 15.0. The van der Waals surface area contributed by atoms with Crippen LogP contribution >= 0.6 is 0 Å². The van der Waals surface area contributed by atoms with Gasteiger partial charge in [0.1, 0.15) is 6.04 Å². The van der Waals surface area contributed by atoms with Crippen molar-refractivity contribution in [2.45, 2.75) is 25.8 Å². The van der Waals surface area contributed by atoms with Crippen LogP contribution in [0.4, 0.5) is 0 Å². The fourth-order valence-corrected chi connectivity index (χ4v) is 3.52. The molecule has 0 heterocycles. The smallest absolute Gasteiger partial charge is 0.251 e. The zero-order chi connectivity index (χ0) is 22.2. The third-order valence-electron chi connectivity index (χ3n) is 5.27. The molecule has 5 heteroatoms. The summed E-state index contributed by atoms with van der Waals surface area (Å²) in [4.78, 5) is 27.4. The van der Waals surface area contributed by atoms with Crippen molar-refractivity contribution in [1.29, 1.82) is 0 Å². The molecular formula is C26H31N3O2. The van der Waals surface area contributed by atoms with Crippen molar-refractivity contribution >= 4 is 22.6 Å². The summed E-state index contributed by atoms with van der Waals surface area (Å²) < 4.78 is 0. The normalized spacial score (nSPS) is 12.0. The SMILES string of the molecule is CCC[C@H](NC(=O)c1ccc2cc(-c3ccccc3)ccc2c1)C(=O)NCCN(C)C. The molecule has 0 spiro atoms. The Balaban J connectivity index is 1.72. The quantitative estimate of drug-likeness (QED) is 0.551. The highest BCUT2D eigenvalue weighted by Crippen LogP contribution is 2.25. The summed E-state index contributed by atoms with van der Waals surface area (Å²) in [5, 5.41) is 7.89. The Hall–Kier alpha value is -3.18. The zero-order valence-electron chi connectivity index (χ0n) is 18.5. The standard InChI is InChI=1S/C26H31N3O2/c1-4-8-24(26(31)27-15-16-29(2)3)28-25(30)23-14-13-21-17-20(11-12-22(21)18-23)19-9-6-5-7-10-19/h5-7,9-14,17-18,24H,4,8,15-16H2,1-3H3,(H,27,31)(H,28,30)/t24-/m0/s1. The highest BCUT2D eigenvalue weighted by Gasteiger charge is 2.20. The highest BCUT2D eigenvalue weighted by molar-refractivity contribution is 6.01. The van der Waals surface area contributed by atoms with Gasteiger partial charge in [-0.1, -0.05) is 61.9 Å². The zero-order valence-corrected chi connectivity index (χ0v) is 18.5. The van der Waals surface area contributed by atoms with E-state index in [-0.39, 0.29) is 11.8 Å². The van der Waals surface area contributed by atoms with Crippen molar-refractivity contribution in [2.24, 2.45) is 0 Å². The van der Waals surface area contributed by atoms with Crippen LogP contribution in [0.25, 0.3) is 21.9 Å². The van der Waals surface area contributed by atoms with Gasteiger partial charge in [-0.05, 0) is 60.6 Å². The second kappa shape index (κ2) is 10.7. The number of fused-ring (bicyclic) bond motifs is 1. The van der Waals surface area contributed by atoms with E-state index in [9.17, 15) is 9.59 Å². The van der Waals surface area contributed by atoms with Crippen molar-refractivity contribution in [3.63, 3.8) is 0 Å². The van der Waals surface area contributed by atoms with E-state index in [1.807, 2.05) is 68.4 Å². The first-order valence-corrected chi connectivity index (χ1v) is 10.8. The molecule has 3 rings (SSSR count). The molecule has 2 amide bonds. The lowest BCUT2D eigenvalue weighted by Gasteiger charge is -2.19. The number of amides is 2. The maximum absolute atomic E-state index is 12.8. The molecule has 0 bridgehead atoms. The molecule has 1 atom stereocenters. The van der Waals surface area contributed by atoms with Gasteiger partial charge in [0, 0.05) is 18.7 Å². The molecule has 31 heavy (non-hydrogen) atoms. The minimum Gasteiger partial charge on any atom is -0.353 e. The molecule has 0 aliphatic rings. The molecule has 5 nitrogen and oxygen atoms in total. The van der Waals surface area contributed by atoms with Crippen molar-refractivity contribution in [2.75, 3.05) is 27.2 Å². The maximum Gasteiger partial charge on any atom is 0.251 e. The van der Waals surface area contributed by atoms with E-state index in [1.165, 1.54) is 0 Å². The van der Waals surface area contributed by atoms with Gasteiger partial charge in [0.25, 0.3) is 5.91 Å². The number of carbonyl (C=O) groups excluding carboxylic acids is 2. The lowest BCUT2D eigenvalue weighted by atomic mass is 9.99. The number of nitrogens with one attached hydrogen (secondary N) is 2. The van der Waals surface area contributed by atoms with Crippen LogP contribution in [-0.4, -0.2) is 49.9 Å². The lowest BCUT2D eigenvalue weighted by Crippen LogP contribution is -2.47. The lowest BCUT2D eigenvalue weighted by molar-refractivity contribution is -0.123. The summed E-state index contributed by atoms with van der Waals surface area (Å²) in [6.45, 7) is 3.32. The number of benzene rings is 3. The number of carbonyl (C=O) groups is 2. The Bertz CT molecular complexity index is 1030. The molecule has 0 fully saturated rings. The first kappa shape index (κ1) is 22.5. The summed E-state index contributed by atoms with van der Waals surface area (Å²) in [6, 6.07) is 21.6. The van der Waals surface area contributed by atoms with E-state index in [4.69, 9.17) is 0 Å². The topological polar surface area (TPSA) is 61.4 Å². The number of hydrogen-bond acceptors (Lipinski definition) is 3. The Morgan fingerprint density at radius 2 is 1.61 bits per heavy atom. The maximum atomic E-state index is 12.8. The largest absolute Gasteiger partial charge is 0.353 e. The molecule has 0 unspecified atom stereocenters. The molecule has 0 aliphatic heterocycles. The van der Waals surface area contributed by atoms with Gasteiger partial charge in [0.05, 0.1) is 0 Å². The summed E-state index contributed by atoms with van der Waals surface area (Å²) in [6.07, 6.45) is 1.42. The minimum atomic E-state index is -0.532. The average Bonchev–Trinajstić information content (AvgIpc) is 2.78. The van der Waals surface area contributed by atoms with Crippen LogP contribution in [0.2, 0.25) is 0 Å². The monoisotopic (exact) mass is 417 g/mol. The van der Waals surface area contributed by atoms with E-state index < -0.39 is 6.04 Å². The van der Waals surface area contributed by atoms with Crippen molar-refractivity contribution in [3.05, 3.63) is 72.3 Å². The highest BCUT2D eigenvalue weighted by atomic mass is 16.2. The van der Waals surface area contributed by atoms with Gasteiger partial charge in [0.2, 0.25) is 5.91 Å². The predicted molar refractivity (Wildman–Crippen MR) is 127 cm³/mol. The molecular weight excluding hydrogens is 386 g/mol. The van der Waals surface area contributed by atoms with Crippen LogP contribution in [0.5, 0.6) is 0 Å². The first-order valence-electron chi connectivity index (χ1n) is 10.8. The predicted octanol–water partition coefficient (Wildman–Crippen LogP) is 4.08. The van der Waals surface area contributed by atoms with Crippen LogP contribution in [0.3, 0.4) is 0 Å². The summed E-state index contributed by atoms with van der Waals surface area (Å²) in [5.74, 6) is -0.361. The van der Waals surface area contributed by atoms with Gasteiger partial charge in [-0.25, -0.2) is 0 Å². The van der Waals surface area contributed by atoms with Crippen LogP contribution < -0.4 is 10.6 Å². The Morgan fingerprint density at radius 3 is 2.32 bits per heavy atom.